The van der Waals surface area contributed by atoms with Crippen molar-refractivity contribution < 1.29 is 9.45 Å². The molecule has 3 aromatic rings. The second-order valence-corrected chi connectivity index (χ2v) is 6.64. The molecule has 0 N–H and O–H groups in total. The lowest BCUT2D eigenvalue weighted by atomic mass is 10.0. The average molecular weight is 365 g/mol. The van der Waals surface area contributed by atoms with E-state index in [0.717, 1.165) is 25.8 Å². The number of pyridine rings is 1. The van der Waals surface area contributed by atoms with Crippen molar-refractivity contribution in [3.05, 3.63) is 52.7 Å². The third-order valence-corrected chi connectivity index (χ3v) is 4.85. The van der Waals surface area contributed by atoms with E-state index in [2.05, 4.69) is 26.9 Å². The highest BCUT2D eigenvalue weighted by Crippen LogP contribution is 2.36. The number of benzene rings is 1. The first kappa shape index (κ1) is 17.1. The highest BCUT2D eigenvalue weighted by atomic mass is 16.6. The Morgan fingerprint density at radius 3 is 2.89 bits per heavy atom. The van der Waals surface area contributed by atoms with Crippen molar-refractivity contribution in [1.29, 1.82) is 0 Å². The first-order valence-electron chi connectivity index (χ1n) is 8.94. The van der Waals surface area contributed by atoms with Crippen molar-refractivity contribution in [3.8, 4) is 23.0 Å². The molecule has 0 radical (unpaired) electrons. The van der Waals surface area contributed by atoms with Crippen molar-refractivity contribution in [3.63, 3.8) is 0 Å². The fourth-order valence-corrected chi connectivity index (χ4v) is 3.44. The van der Waals surface area contributed by atoms with Gasteiger partial charge in [0.25, 0.3) is 11.6 Å². The standard InChI is InChI=1S/C19H19N5O3/c1-13-6-3-5-11-23(13)16-9-8-14(12-17(16)24(25)26)19-21-18(22-27-19)15-7-2-4-10-20-15/h2,4,7-10,12-13H,3,5-6,11H2,1H3/t13-/m1/s1. The second-order valence-electron chi connectivity index (χ2n) is 6.64. The molecule has 0 bridgehead atoms. The molecule has 0 saturated carbocycles. The summed E-state index contributed by atoms with van der Waals surface area (Å²) in [4.78, 5) is 22.0. The zero-order valence-electron chi connectivity index (χ0n) is 14.9. The number of hydrogen-bond donors (Lipinski definition) is 0. The van der Waals surface area contributed by atoms with Gasteiger partial charge >= 0.3 is 0 Å². The fourth-order valence-electron chi connectivity index (χ4n) is 3.44. The maximum atomic E-state index is 11.7. The van der Waals surface area contributed by atoms with Gasteiger partial charge in [-0.15, -0.1) is 0 Å². The smallest absolute Gasteiger partial charge is 0.293 e. The summed E-state index contributed by atoms with van der Waals surface area (Å²) >= 11 is 0. The lowest BCUT2D eigenvalue weighted by Gasteiger charge is -2.35. The number of nitro benzene ring substituents is 1. The quantitative estimate of drug-likeness (QED) is 0.507. The summed E-state index contributed by atoms with van der Waals surface area (Å²) in [6.45, 7) is 2.93. The maximum Gasteiger partial charge on any atom is 0.293 e. The van der Waals surface area contributed by atoms with Crippen molar-refractivity contribution in [2.24, 2.45) is 0 Å². The van der Waals surface area contributed by atoms with Crippen LogP contribution >= 0.6 is 0 Å². The molecule has 0 spiro atoms. The van der Waals surface area contributed by atoms with Gasteiger partial charge in [0, 0.05) is 30.4 Å². The molecular weight excluding hydrogens is 346 g/mol. The number of aromatic nitrogens is 3. The third kappa shape index (κ3) is 3.38. The maximum absolute atomic E-state index is 11.7. The molecule has 2 aromatic heterocycles. The summed E-state index contributed by atoms with van der Waals surface area (Å²) in [5.41, 5.74) is 1.80. The van der Waals surface area contributed by atoms with E-state index in [4.69, 9.17) is 4.52 Å². The van der Waals surface area contributed by atoms with Crippen LogP contribution in [0.5, 0.6) is 0 Å². The number of anilines is 1. The van der Waals surface area contributed by atoms with E-state index < -0.39 is 0 Å². The van der Waals surface area contributed by atoms with Crippen LogP contribution in [0.4, 0.5) is 11.4 Å². The molecule has 1 aliphatic heterocycles. The molecule has 138 valence electrons. The van der Waals surface area contributed by atoms with Crippen LogP contribution in [0.15, 0.2) is 47.1 Å². The average Bonchev–Trinajstić information content (AvgIpc) is 3.19. The molecular formula is C19H19N5O3. The predicted octanol–water partition coefficient (Wildman–Crippen LogP) is 4.09. The summed E-state index contributed by atoms with van der Waals surface area (Å²) in [6.07, 6.45) is 4.88. The van der Waals surface area contributed by atoms with Gasteiger partial charge in [0.05, 0.1) is 4.92 Å². The van der Waals surface area contributed by atoms with Crippen LogP contribution < -0.4 is 4.90 Å². The van der Waals surface area contributed by atoms with Gasteiger partial charge in [-0.05, 0) is 50.5 Å². The minimum absolute atomic E-state index is 0.0545. The molecule has 0 unspecified atom stereocenters. The second kappa shape index (κ2) is 7.14. The molecule has 1 aliphatic rings. The van der Waals surface area contributed by atoms with Gasteiger partial charge in [0.2, 0.25) is 5.82 Å². The molecule has 0 aliphatic carbocycles. The van der Waals surface area contributed by atoms with Gasteiger partial charge in [-0.2, -0.15) is 4.98 Å². The van der Waals surface area contributed by atoms with Gasteiger partial charge in [0.15, 0.2) is 0 Å². The van der Waals surface area contributed by atoms with Crippen molar-refractivity contribution >= 4 is 11.4 Å². The summed E-state index contributed by atoms with van der Waals surface area (Å²) in [7, 11) is 0. The van der Waals surface area contributed by atoms with E-state index in [1.165, 1.54) is 6.07 Å². The molecule has 27 heavy (non-hydrogen) atoms. The highest BCUT2D eigenvalue weighted by Gasteiger charge is 2.26. The lowest BCUT2D eigenvalue weighted by molar-refractivity contribution is -0.384. The van der Waals surface area contributed by atoms with Gasteiger partial charge in [-0.3, -0.25) is 15.1 Å². The minimum Gasteiger partial charge on any atom is -0.363 e. The number of rotatable bonds is 4. The monoisotopic (exact) mass is 365 g/mol. The summed E-state index contributed by atoms with van der Waals surface area (Å²) in [5.74, 6) is 0.582. The number of nitrogens with zero attached hydrogens (tertiary/aromatic N) is 5. The Morgan fingerprint density at radius 2 is 2.15 bits per heavy atom. The molecule has 1 saturated heterocycles. The van der Waals surface area contributed by atoms with E-state index >= 15 is 0 Å². The van der Waals surface area contributed by atoms with Crippen LogP contribution in [0, 0.1) is 10.1 Å². The highest BCUT2D eigenvalue weighted by molar-refractivity contribution is 5.71. The zero-order chi connectivity index (χ0) is 18.8. The Labute approximate surface area is 156 Å². The molecule has 1 aromatic carbocycles. The van der Waals surface area contributed by atoms with Crippen molar-refractivity contribution in [2.75, 3.05) is 11.4 Å². The Bertz CT molecular complexity index is 957. The van der Waals surface area contributed by atoms with Crippen LogP contribution in [0.25, 0.3) is 23.0 Å². The van der Waals surface area contributed by atoms with E-state index in [0.29, 0.717) is 22.8 Å². The van der Waals surface area contributed by atoms with E-state index in [1.807, 2.05) is 6.07 Å². The predicted molar refractivity (Wildman–Crippen MR) is 100 cm³/mol. The first-order valence-corrected chi connectivity index (χ1v) is 8.94. The summed E-state index contributed by atoms with van der Waals surface area (Å²) in [6, 6.07) is 10.8. The van der Waals surface area contributed by atoms with E-state index in [-0.39, 0.29) is 22.5 Å². The van der Waals surface area contributed by atoms with Crippen LogP contribution in [0.1, 0.15) is 26.2 Å². The molecule has 8 nitrogen and oxygen atoms in total. The first-order chi connectivity index (χ1) is 13.1. The zero-order valence-corrected chi connectivity index (χ0v) is 14.9. The van der Waals surface area contributed by atoms with Gasteiger partial charge in [-0.25, -0.2) is 0 Å². The summed E-state index contributed by atoms with van der Waals surface area (Å²) < 4.78 is 5.31. The Balaban J connectivity index is 1.70. The topological polar surface area (TPSA) is 98.2 Å². The Hall–Kier alpha value is -3.29. The molecule has 0 amide bonds. The molecule has 8 heteroatoms. The van der Waals surface area contributed by atoms with Crippen LogP contribution in [-0.4, -0.2) is 32.6 Å². The summed E-state index contributed by atoms with van der Waals surface area (Å²) in [5, 5.41) is 15.6. The van der Waals surface area contributed by atoms with Gasteiger partial charge in [-0.1, -0.05) is 11.2 Å². The minimum atomic E-state index is -0.351. The van der Waals surface area contributed by atoms with Crippen LogP contribution in [-0.2, 0) is 0 Å². The SMILES string of the molecule is C[C@@H]1CCCCN1c1ccc(-c2nc(-c3ccccn3)no2)cc1[N+](=O)[O-]. The number of nitro groups is 1. The third-order valence-electron chi connectivity index (χ3n) is 4.85. The van der Waals surface area contributed by atoms with E-state index in [1.54, 1.807) is 30.5 Å². The normalized spacial score (nSPS) is 17.1. The Morgan fingerprint density at radius 1 is 1.26 bits per heavy atom. The van der Waals surface area contributed by atoms with Crippen LogP contribution in [0.3, 0.4) is 0 Å². The molecule has 3 heterocycles. The van der Waals surface area contributed by atoms with Crippen molar-refractivity contribution in [2.45, 2.75) is 32.2 Å². The van der Waals surface area contributed by atoms with Gasteiger partial charge < -0.3 is 9.42 Å². The lowest BCUT2D eigenvalue weighted by Crippen LogP contribution is -2.37. The Kier molecular flexibility index (Phi) is 4.53. The molecule has 1 atom stereocenters. The van der Waals surface area contributed by atoms with Crippen LogP contribution in [0.2, 0.25) is 0 Å². The fraction of sp³-hybridized carbons (Fsp3) is 0.316. The van der Waals surface area contributed by atoms with Gasteiger partial charge in [0.1, 0.15) is 11.4 Å². The molecule has 1 fully saturated rings. The molecule has 4 rings (SSSR count). The van der Waals surface area contributed by atoms with E-state index in [9.17, 15) is 10.1 Å². The number of hydrogen-bond acceptors (Lipinski definition) is 7. The number of piperidine rings is 1. The largest absolute Gasteiger partial charge is 0.363 e. The van der Waals surface area contributed by atoms with Crippen molar-refractivity contribution in [1.82, 2.24) is 15.1 Å².